The predicted octanol–water partition coefficient (Wildman–Crippen LogP) is 3.10. The van der Waals surface area contributed by atoms with E-state index in [1.54, 1.807) is 0 Å². The summed E-state index contributed by atoms with van der Waals surface area (Å²) in [7, 11) is 0. The molecule has 0 fully saturated rings. The van der Waals surface area contributed by atoms with Crippen molar-refractivity contribution in [1.82, 2.24) is 0 Å². The number of para-hydroxylation sites is 1. The molecule has 0 saturated heterocycles. The molecule has 0 saturated carbocycles. The Balaban J connectivity index is 2.12. The lowest BCUT2D eigenvalue weighted by molar-refractivity contribution is -0.138. The Morgan fingerprint density at radius 3 is 2.38 bits per heavy atom. The van der Waals surface area contributed by atoms with Crippen molar-refractivity contribution >= 4 is 11.6 Å². The van der Waals surface area contributed by atoms with Crippen LogP contribution in [-0.4, -0.2) is 32.0 Å². The minimum Gasteiger partial charge on any atom is -0.353 e. The molecule has 1 aromatic carbocycles. The second-order valence-corrected chi connectivity index (χ2v) is 5.73. The Labute approximate surface area is 127 Å². The molecule has 116 valence electrons. The standard InChI is InChI=1S/C17H25NO3/c1-5-20-15(21-6-2)11-12-18-14-10-8-7-9-13(14)17(3,4)16(18)19/h7-10,15H,5-6,11-12H2,1-4H3. The molecule has 1 aliphatic heterocycles. The number of carbonyl (C=O) groups excluding carboxylic acids is 1. The smallest absolute Gasteiger partial charge is 0.237 e. The third-order valence-corrected chi connectivity index (χ3v) is 3.94. The molecule has 0 aromatic heterocycles. The molecule has 1 amide bonds. The molecular formula is C17H25NO3. The maximum atomic E-state index is 12.7. The highest BCUT2D eigenvalue weighted by Crippen LogP contribution is 2.41. The van der Waals surface area contributed by atoms with Crippen LogP contribution in [-0.2, 0) is 19.7 Å². The molecule has 0 spiro atoms. The molecule has 2 rings (SSSR count). The van der Waals surface area contributed by atoms with Crippen molar-refractivity contribution in [2.75, 3.05) is 24.7 Å². The van der Waals surface area contributed by atoms with Gasteiger partial charge in [0.15, 0.2) is 6.29 Å². The van der Waals surface area contributed by atoms with E-state index < -0.39 is 5.41 Å². The zero-order chi connectivity index (χ0) is 15.5. The first-order valence-electron chi connectivity index (χ1n) is 7.67. The van der Waals surface area contributed by atoms with Crippen LogP contribution in [0.4, 0.5) is 5.69 Å². The lowest BCUT2D eigenvalue weighted by Crippen LogP contribution is -2.38. The van der Waals surface area contributed by atoms with E-state index in [2.05, 4.69) is 0 Å². The summed E-state index contributed by atoms with van der Waals surface area (Å²) in [4.78, 5) is 14.5. The molecule has 0 unspecified atom stereocenters. The number of fused-ring (bicyclic) bond motifs is 1. The van der Waals surface area contributed by atoms with E-state index in [0.717, 1.165) is 11.3 Å². The van der Waals surface area contributed by atoms with Crippen LogP contribution in [0.2, 0.25) is 0 Å². The monoisotopic (exact) mass is 291 g/mol. The average molecular weight is 291 g/mol. The molecule has 0 aliphatic carbocycles. The Morgan fingerprint density at radius 1 is 1.14 bits per heavy atom. The molecule has 21 heavy (non-hydrogen) atoms. The van der Waals surface area contributed by atoms with Gasteiger partial charge >= 0.3 is 0 Å². The lowest BCUT2D eigenvalue weighted by Gasteiger charge is -2.23. The zero-order valence-corrected chi connectivity index (χ0v) is 13.4. The maximum absolute atomic E-state index is 12.7. The summed E-state index contributed by atoms with van der Waals surface area (Å²) in [6.45, 7) is 9.70. The van der Waals surface area contributed by atoms with Gasteiger partial charge in [0, 0.05) is 31.9 Å². The SMILES string of the molecule is CCOC(CCN1C(=O)C(C)(C)c2ccccc21)OCC. The number of benzene rings is 1. The van der Waals surface area contributed by atoms with Gasteiger partial charge in [0.1, 0.15) is 0 Å². The first kappa shape index (κ1) is 16.0. The number of carbonyl (C=O) groups is 1. The summed E-state index contributed by atoms with van der Waals surface area (Å²) in [5, 5.41) is 0. The maximum Gasteiger partial charge on any atom is 0.237 e. The largest absolute Gasteiger partial charge is 0.353 e. The van der Waals surface area contributed by atoms with Gasteiger partial charge in [0.25, 0.3) is 0 Å². The van der Waals surface area contributed by atoms with Crippen molar-refractivity contribution in [1.29, 1.82) is 0 Å². The number of rotatable bonds is 7. The highest BCUT2D eigenvalue weighted by atomic mass is 16.7. The Morgan fingerprint density at radius 2 is 1.76 bits per heavy atom. The predicted molar refractivity (Wildman–Crippen MR) is 83.5 cm³/mol. The third-order valence-electron chi connectivity index (χ3n) is 3.94. The van der Waals surface area contributed by atoms with Crippen LogP contribution in [0, 0.1) is 0 Å². The molecule has 0 radical (unpaired) electrons. The van der Waals surface area contributed by atoms with Crippen molar-refractivity contribution in [3.05, 3.63) is 29.8 Å². The molecular weight excluding hydrogens is 266 g/mol. The number of amides is 1. The van der Waals surface area contributed by atoms with Crippen molar-refractivity contribution in [2.45, 2.75) is 45.8 Å². The van der Waals surface area contributed by atoms with Crippen molar-refractivity contribution in [3.8, 4) is 0 Å². The minimum absolute atomic E-state index is 0.149. The average Bonchev–Trinajstić information content (AvgIpc) is 2.66. The number of hydrogen-bond donors (Lipinski definition) is 0. The Bertz CT molecular complexity index is 493. The molecule has 0 N–H and O–H groups in total. The number of anilines is 1. The van der Waals surface area contributed by atoms with Gasteiger partial charge in [-0.05, 0) is 39.3 Å². The van der Waals surface area contributed by atoms with E-state index in [-0.39, 0.29) is 12.2 Å². The molecule has 0 bridgehead atoms. The summed E-state index contributed by atoms with van der Waals surface area (Å²) in [6.07, 6.45) is 0.432. The zero-order valence-electron chi connectivity index (χ0n) is 13.4. The summed E-state index contributed by atoms with van der Waals surface area (Å²) in [5.74, 6) is 0.149. The summed E-state index contributed by atoms with van der Waals surface area (Å²) in [6, 6.07) is 8.01. The van der Waals surface area contributed by atoms with Crippen LogP contribution in [0.15, 0.2) is 24.3 Å². The first-order chi connectivity index (χ1) is 10.0. The number of nitrogens with zero attached hydrogens (tertiary/aromatic N) is 1. The van der Waals surface area contributed by atoms with Crippen LogP contribution in [0.3, 0.4) is 0 Å². The quantitative estimate of drug-likeness (QED) is 0.725. The fraction of sp³-hybridized carbons (Fsp3) is 0.588. The van der Waals surface area contributed by atoms with Crippen molar-refractivity contribution < 1.29 is 14.3 Å². The number of hydrogen-bond acceptors (Lipinski definition) is 3. The van der Waals surface area contributed by atoms with Gasteiger partial charge in [-0.2, -0.15) is 0 Å². The summed E-state index contributed by atoms with van der Waals surface area (Å²) in [5.41, 5.74) is 1.65. The van der Waals surface area contributed by atoms with E-state index in [4.69, 9.17) is 9.47 Å². The minimum atomic E-state index is -0.455. The van der Waals surface area contributed by atoms with Gasteiger partial charge in [-0.25, -0.2) is 0 Å². The van der Waals surface area contributed by atoms with E-state index in [9.17, 15) is 4.79 Å². The topological polar surface area (TPSA) is 38.8 Å². The molecule has 1 aromatic rings. The van der Waals surface area contributed by atoms with Gasteiger partial charge in [-0.3, -0.25) is 4.79 Å². The van der Waals surface area contributed by atoms with Gasteiger partial charge in [-0.15, -0.1) is 0 Å². The van der Waals surface area contributed by atoms with Crippen LogP contribution in [0.25, 0.3) is 0 Å². The van der Waals surface area contributed by atoms with Crippen molar-refractivity contribution in [2.24, 2.45) is 0 Å². The van der Waals surface area contributed by atoms with Crippen LogP contribution in [0.5, 0.6) is 0 Å². The fourth-order valence-electron chi connectivity index (χ4n) is 2.84. The molecule has 4 heteroatoms. The van der Waals surface area contributed by atoms with Gasteiger partial charge in [0.2, 0.25) is 5.91 Å². The van der Waals surface area contributed by atoms with Gasteiger partial charge in [-0.1, -0.05) is 18.2 Å². The molecule has 4 nitrogen and oxygen atoms in total. The van der Waals surface area contributed by atoms with E-state index in [1.807, 2.05) is 56.9 Å². The molecule has 1 aliphatic rings. The van der Waals surface area contributed by atoms with Crippen molar-refractivity contribution in [3.63, 3.8) is 0 Å². The van der Waals surface area contributed by atoms with Crippen LogP contribution >= 0.6 is 0 Å². The fourth-order valence-corrected chi connectivity index (χ4v) is 2.84. The van der Waals surface area contributed by atoms with Gasteiger partial charge in [0.05, 0.1) is 5.41 Å². The van der Waals surface area contributed by atoms with E-state index in [1.165, 1.54) is 0 Å². The lowest BCUT2D eigenvalue weighted by atomic mass is 9.86. The summed E-state index contributed by atoms with van der Waals surface area (Å²) >= 11 is 0. The second kappa shape index (κ2) is 6.58. The second-order valence-electron chi connectivity index (χ2n) is 5.73. The summed E-state index contributed by atoms with van der Waals surface area (Å²) < 4.78 is 11.1. The van der Waals surface area contributed by atoms with Gasteiger partial charge < -0.3 is 14.4 Å². The van der Waals surface area contributed by atoms with E-state index in [0.29, 0.717) is 26.2 Å². The first-order valence-corrected chi connectivity index (χ1v) is 7.67. The van der Waals surface area contributed by atoms with Crippen LogP contribution in [0.1, 0.15) is 39.7 Å². The Kier molecular flexibility index (Phi) is 5.01. The highest BCUT2D eigenvalue weighted by molar-refractivity contribution is 6.07. The number of ether oxygens (including phenoxy) is 2. The Hall–Kier alpha value is -1.39. The third kappa shape index (κ3) is 3.11. The highest BCUT2D eigenvalue weighted by Gasteiger charge is 2.43. The van der Waals surface area contributed by atoms with Crippen LogP contribution < -0.4 is 4.90 Å². The normalized spacial score (nSPS) is 16.6. The molecule has 0 atom stereocenters. The molecule has 1 heterocycles. The van der Waals surface area contributed by atoms with E-state index >= 15 is 0 Å².